The molecule has 0 spiro atoms. The van der Waals surface area contributed by atoms with Crippen LogP contribution in [0.5, 0.6) is 0 Å². The molecule has 18 heavy (non-hydrogen) atoms. The number of nitrogens with two attached hydrogens (primary N) is 1. The second kappa shape index (κ2) is 5.17. The van der Waals surface area contributed by atoms with E-state index in [0.29, 0.717) is 24.9 Å². The second-order valence-electron chi connectivity index (χ2n) is 6.44. The lowest BCUT2D eigenvalue weighted by atomic mass is 9.93. The number of amides is 1. The lowest BCUT2D eigenvalue weighted by molar-refractivity contribution is -0.162. The van der Waals surface area contributed by atoms with Gasteiger partial charge in [0.25, 0.3) is 0 Å². The quantitative estimate of drug-likeness (QED) is 0.810. The molecule has 4 heteroatoms. The maximum atomic E-state index is 12.6. The van der Waals surface area contributed by atoms with Gasteiger partial charge < -0.3 is 15.4 Å². The number of hydrogen-bond acceptors (Lipinski definition) is 3. The molecule has 1 unspecified atom stereocenters. The molecule has 1 aliphatic carbocycles. The topological polar surface area (TPSA) is 55.6 Å². The van der Waals surface area contributed by atoms with Crippen molar-refractivity contribution in [3.8, 4) is 0 Å². The van der Waals surface area contributed by atoms with Gasteiger partial charge in [-0.05, 0) is 46.1 Å². The first-order chi connectivity index (χ1) is 8.43. The first kappa shape index (κ1) is 13.8. The van der Waals surface area contributed by atoms with Gasteiger partial charge in [0.05, 0.1) is 11.7 Å². The predicted octanol–water partition coefficient (Wildman–Crippen LogP) is 1.39. The maximum Gasteiger partial charge on any atom is 0.226 e. The number of rotatable bonds is 2. The third-order valence-electron chi connectivity index (χ3n) is 4.16. The molecular formula is C14H26N2O2. The van der Waals surface area contributed by atoms with Gasteiger partial charge in [-0.15, -0.1) is 0 Å². The molecule has 0 radical (unpaired) electrons. The van der Waals surface area contributed by atoms with E-state index in [1.165, 1.54) is 0 Å². The Balaban J connectivity index is 2.04. The van der Waals surface area contributed by atoms with E-state index in [9.17, 15) is 4.79 Å². The van der Waals surface area contributed by atoms with Gasteiger partial charge in [-0.2, -0.15) is 0 Å². The Bertz CT molecular complexity index is 317. The summed E-state index contributed by atoms with van der Waals surface area (Å²) in [6.45, 7) is 8.20. The molecule has 0 aromatic rings. The molecule has 1 heterocycles. The van der Waals surface area contributed by atoms with Gasteiger partial charge in [0, 0.05) is 19.0 Å². The number of nitrogens with zero attached hydrogens (tertiary/aromatic N) is 1. The molecule has 0 aromatic carbocycles. The molecule has 2 rings (SSSR count). The van der Waals surface area contributed by atoms with Gasteiger partial charge in [-0.25, -0.2) is 0 Å². The summed E-state index contributed by atoms with van der Waals surface area (Å²) in [5.74, 6) is 0.834. The van der Waals surface area contributed by atoms with Gasteiger partial charge in [-0.1, -0.05) is 6.42 Å². The van der Waals surface area contributed by atoms with Crippen molar-refractivity contribution < 1.29 is 9.53 Å². The lowest BCUT2D eigenvalue weighted by Crippen LogP contribution is -2.55. The molecule has 4 nitrogen and oxygen atoms in total. The van der Waals surface area contributed by atoms with Gasteiger partial charge in [0.15, 0.2) is 0 Å². The van der Waals surface area contributed by atoms with Crippen LogP contribution >= 0.6 is 0 Å². The minimum absolute atomic E-state index is 0.121. The van der Waals surface area contributed by atoms with E-state index in [1.54, 1.807) is 0 Å². The molecule has 1 saturated heterocycles. The molecule has 1 amide bonds. The number of carbonyl (C=O) groups is 1. The van der Waals surface area contributed by atoms with Gasteiger partial charge in [0.1, 0.15) is 0 Å². The SMILES string of the molecule is CC1CN(C(=O)[C@@H]2CCC[C@@H]2CN)CC(C)(C)O1. The Morgan fingerprint density at radius 3 is 2.78 bits per heavy atom. The van der Waals surface area contributed by atoms with Gasteiger partial charge in [-0.3, -0.25) is 4.79 Å². The molecule has 0 bridgehead atoms. The minimum atomic E-state index is -0.232. The standard InChI is InChI=1S/C14H26N2O2/c1-10-8-16(9-14(2,3)18-10)13(17)12-6-4-5-11(12)7-15/h10-12H,4-9,15H2,1-3H3/t10?,11-,12-/m1/s1. The van der Waals surface area contributed by atoms with E-state index < -0.39 is 0 Å². The number of hydrogen-bond donors (Lipinski definition) is 1. The molecule has 1 saturated carbocycles. The summed E-state index contributed by atoms with van der Waals surface area (Å²) in [5.41, 5.74) is 5.54. The molecular weight excluding hydrogens is 228 g/mol. The summed E-state index contributed by atoms with van der Waals surface area (Å²) in [5, 5.41) is 0. The van der Waals surface area contributed by atoms with E-state index in [-0.39, 0.29) is 17.6 Å². The molecule has 0 aromatic heterocycles. The third kappa shape index (κ3) is 2.86. The Morgan fingerprint density at radius 1 is 1.44 bits per heavy atom. The first-order valence-corrected chi connectivity index (χ1v) is 7.09. The van der Waals surface area contributed by atoms with Crippen LogP contribution < -0.4 is 5.73 Å². The van der Waals surface area contributed by atoms with E-state index in [0.717, 1.165) is 25.8 Å². The number of ether oxygens (including phenoxy) is 1. The van der Waals surface area contributed by atoms with Gasteiger partial charge in [0.2, 0.25) is 5.91 Å². The fourth-order valence-corrected chi connectivity index (χ4v) is 3.50. The average molecular weight is 254 g/mol. The Kier molecular flexibility index (Phi) is 3.97. The van der Waals surface area contributed by atoms with Crippen molar-refractivity contribution >= 4 is 5.91 Å². The minimum Gasteiger partial charge on any atom is -0.369 e. The molecule has 2 fully saturated rings. The fourth-order valence-electron chi connectivity index (χ4n) is 3.50. The van der Waals surface area contributed by atoms with Crippen LogP contribution in [0.3, 0.4) is 0 Å². The van der Waals surface area contributed by atoms with Crippen LogP contribution in [0, 0.1) is 11.8 Å². The van der Waals surface area contributed by atoms with Crippen LogP contribution in [0.25, 0.3) is 0 Å². The summed E-state index contributed by atoms with van der Waals surface area (Å²) in [6.07, 6.45) is 3.38. The highest BCUT2D eigenvalue weighted by Crippen LogP contribution is 2.33. The van der Waals surface area contributed by atoms with Crippen LogP contribution in [0.1, 0.15) is 40.0 Å². The summed E-state index contributed by atoms with van der Waals surface area (Å²) in [6, 6.07) is 0. The summed E-state index contributed by atoms with van der Waals surface area (Å²) < 4.78 is 5.85. The highest BCUT2D eigenvalue weighted by Gasteiger charge is 2.39. The maximum absolute atomic E-state index is 12.6. The van der Waals surface area contributed by atoms with Crippen molar-refractivity contribution in [3.05, 3.63) is 0 Å². The summed E-state index contributed by atoms with van der Waals surface area (Å²) in [7, 11) is 0. The van der Waals surface area contributed by atoms with E-state index in [4.69, 9.17) is 10.5 Å². The second-order valence-corrected chi connectivity index (χ2v) is 6.44. The zero-order chi connectivity index (χ0) is 13.3. The van der Waals surface area contributed by atoms with Crippen LogP contribution in [-0.2, 0) is 9.53 Å². The van der Waals surface area contributed by atoms with Crippen LogP contribution in [0.2, 0.25) is 0 Å². The van der Waals surface area contributed by atoms with E-state index >= 15 is 0 Å². The Labute approximate surface area is 110 Å². The zero-order valence-corrected chi connectivity index (χ0v) is 11.8. The normalized spacial score (nSPS) is 35.8. The molecule has 3 atom stereocenters. The lowest BCUT2D eigenvalue weighted by Gasteiger charge is -2.43. The smallest absolute Gasteiger partial charge is 0.226 e. The van der Waals surface area contributed by atoms with Crippen LogP contribution in [0.15, 0.2) is 0 Å². The molecule has 2 N–H and O–H groups in total. The zero-order valence-electron chi connectivity index (χ0n) is 11.8. The van der Waals surface area contributed by atoms with Crippen molar-refractivity contribution in [2.45, 2.75) is 51.7 Å². The largest absolute Gasteiger partial charge is 0.369 e. The monoisotopic (exact) mass is 254 g/mol. The Hall–Kier alpha value is -0.610. The van der Waals surface area contributed by atoms with Crippen molar-refractivity contribution in [2.24, 2.45) is 17.6 Å². The van der Waals surface area contributed by atoms with E-state index in [1.807, 2.05) is 11.8 Å². The van der Waals surface area contributed by atoms with Crippen molar-refractivity contribution in [2.75, 3.05) is 19.6 Å². The highest BCUT2D eigenvalue weighted by atomic mass is 16.5. The predicted molar refractivity (Wildman–Crippen MR) is 71.1 cm³/mol. The van der Waals surface area contributed by atoms with Crippen molar-refractivity contribution in [1.82, 2.24) is 4.90 Å². The first-order valence-electron chi connectivity index (χ1n) is 7.09. The Morgan fingerprint density at radius 2 is 2.17 bits per heavy atom. The molecule has 2 aliphatic rings. The average Bonchev–Trinajstić information content (AvgIpc) is 2.73. The molecule has 1 aliphatic heterocycles. The van der Waals surface area contributed by atoms with Crippen LogP contribution in [0.4, 0.5) is 0 Å². The highest BCUT2D eigenvalue weighted by molar-refractivity contribution is 5.79. The number of morpholine rings is 1. The van der Waals surface area contributed by atoms with E-state index in [2.05, 4.69) is 13.8 Å². The summed E-state index contributed by atoms with van der Waals surface area (Å²) in [4.78, 5) is 14.6. The third-order valence-corrected chi connectivity index (χ3v) is 4.16. The van der Waals surface area contributed by atoms with Crippen molar-refractivity contribution in [3.63, 3.8) is 0 Å². The van der Waals surface area contributed by atoms with Crippen LogP contribution in [-0.4, -0.2) is 42.1 Å². The summed E-state index contributed by atoms with van der Waals surface area (Å²) >= 11 is 0. The molecule has 104 valence electrons. The van der Waals surface area contributed by atoms with Gasteiger partial charge >= 0.3 is 0 Å². The number of carbonyl (C=O) groups excluding carboxylic acids is 1. The van der Waals surface area contributed by atoms with Crippen molar-refractivity contribution in [1.29, 1.82) is 0 Å². The fraction of sp³-hybridized carbons (Fsp3) is 0.929.